The lowest BCUT2D eigenvalue weighted by Gasteiger charge is -2.25. The van der Waals surface area contributed by atoms with Gasteiger partial charge in [0.25, 0.3) is 0 Å². The SMILES string of the molecule is c1cnc2c(c1)nc(CC1CCCNC1)n2CC1CCCCO1. The zero-order chi connectivity index (χ0) is 15.5. The number of nitrogens with one attached hydrogen (secondary N) is 1. The second-order valence-corrected chi connectivity index (χ2v) is 6.89. The Kier molecular flexibility index (Phi) is 4.57. The predicted octanol–water partition coefficient (Wildman–Crippen LogP) is 2.54. The van der Waals surface area contributed by atoms with Crippen LogP contribution in [0.5, 0.6) is 0 Å². The van der Waals surface area contributed by atoms with Crippen LogP contribution < -0.4 is 5.32 Å². The van der Waals surface area contributed by atoms with Crippen LogP contribution in [0.15, 0.2) is 18.3 Å². The average molecular weight is 314 g/mol. The number of piperidine rings is 1. The van der Waals surface area contributed by atoms with Crippen LogP contribution in [0.25, 0.3) is 11.2 Å². The molecule has 5 nitrogen and oxygen atoms in total. The number of hydrogen-bond acceptors (Lipinski definition) is 4. The number of aromatic nitrogens is 3. The molecular weight excluding hydrogens is 288 g/mol. The largest absolute Gasteiger partial charge is 0.376 e. The van der Waals surface area contributed by atoms with E-state index in [1.54, 1.807) is 0 Å². The van der Waals surface area contributed by atoms with E-state index in [1.165, 1.54) is 31.5 Å². The molecule has 2 unspecified atom stereocenters. The van der Waals surface area contributed by atoms with Crippen LogP contribution in [0.2, 0.25) is 0 Å². The molecule has 2 saturated heterocycles. The second-order valence-electron chi connectivity index (χ2n) is 6.89. The molecule has 0 saturated carbocycles. The molecule has 0 bridgehead atoms. The first kappa shape index (κ1) is 15.1. The van der Waals surface area contributed by atoms with E-state index in [1.807, 2.05) is 12.3 Å². The number of imidazole rings is 1. The molecule has 0 aromatic carbocycles. The molecule has 0 radical (unpaired) electrons. The van der Waals surface area contributed by atoms with Crippen molar-refractivity contribution in [2.45, 2.75) is 51.2 Å². The first-order valence-electron chi connectivity index (χ1n) is 9.02. The minimum absolute atomic E-state index is 0.311. The zero-order valence-corrected chi connectivity index (χ0v) is 13.7. The molecule has 5 heteroatoms. The Bertz CT molecular complexity index is 642. The zero-order valence-electron chi connectivity index (χ0n) is 13.7. The van der Waals surface area contributed by atoms with Crippen molar-refractivity contribution in [1.82, 2.24) is 19.9 Å². The van der Waals surface area contributed by atoms with E-state index in [9.17, 15) is 0 Å². The van der Waals surface area contributed by atoms with Crippen molar-refractivity contribution in [3.05, 3.63) is 24.2 Å². The van der Waals surface area contributed by atoms with Gasteiger partial charge in [-0.3, -0.25) is 0 Å². The Labute approximate surface area is 137 Å². The first-order chi connectivity index (χ1) is 11.4. The molecule has 124 valence electrons. The van der Waals surface area contributed by atoms with Gasteiger partial charge in [0.15, 0.2) is 5.65 Å². The molecule has 0 aliphatic carbocycles. The molecule has 2 atom stereocenters. The molecule has 1 N–H and O–H groups in total. The van der Waals surface area contributed by atoms with Gasteiger partial charge in [0.1, 0.15) is 11.3 Å². The van der Waals surface area contributed by atoms with Crippen LogP contribution in [0.4, 0.5) is 0 Å². The van der Waals surface area contributed by atoms with Crippen molar-refractivity contribution in [3.8, 4) is 0 Å². The van der Waals surface area contributed by atoms with Gasteiger partial charge in [-0.2, -0.15) is 0 Å². The highest BCUT2D eigenvalue weighted by Crippen LogP contribution is 2.22. The first-order valence-corrected chi connectivity index (χ1v) is 9.02. The Hall–Kier alpha value is -1.46. The molecule has 2 aliphatic heterocycles. The van der Waals surface area contributed by atoms with E-state index < -0.39 is 0 Å². The van der Waals surface area contributed by atoms with Gasteiger partial charge in [-0.1, -0.05) is 0 Å². The molecule has 2 aliphatic rings. The molecule has 4 heterocycles. The lowest BCUT2D eigenvalue weighted by atomic mass is 9.96. The quantitative estimate of drug-likeness (QED) is 0.942. The molecule has 0 spiro atoms. The van der Waals surface area contributed by atoms with E-state index in [2.05, 4.69) is 20.9 Å². The van der Waals surface area contributed by atoms with Crippen LogP contribution in [-0.2, 0) is 17.7 Å². The maximum absolute atomic E-state index is 5.96. The van der Waals surface area contributed by atoms with Crippen LogP contribution in [0.1, 0.15) is 37.9 Å². The summed E-state index contributed by atoms with van der Waals surface area (Å²) in [6.45, 7) is 4.05. The monoisotopic (exact) mass is 314 g/mol. The van der Waals surface area contributed by atoms with Gasteiger partial charge in [0, 0.05) is 19.2 Å². The van der Waals surface area contributed by atoms with E-state index in [0.29, 0.717) is 12.0 Å². The maximum Gasteiger partial charge on any atom is 0.160 e. The van der Waals surface area contributed by atoms with Gasteiger partial charge in [-0.25, -0.2) is 9.97 Å². The standard InChI is InChI=1S/C18H26N4O/c1-2-10-23-15(6-1)13-22-17(11-14-5-3-8-19-12-14)21-16-7-4-9-20-18(16)22/h4,7,9,14-15,19H,1-3,5-6,8,10-13H2. The fraction of sp³-hybridized carbons (Fsp3) is 0.667. The summed E-state index contributed by atoms with van der Waals surface area (Å²) >= 11 is 0. The summed E-state index contributed by atoms with van der Waals surface area (Å²) in [6.07, 6.45) is 9.40. The smallest absolute Gasteiger partial charge is 0.160 e. The molecule has 2 aromatic heterocycles. The average Bonchev–Trinajstić information content (AvgIpc) is 2.94. The highest BCUT2D eigenvalue weighted by molar-refractivity contribution is 5.71. The molecule has 4 rings (SSSR count). The summed E-state index contributed by atoms with van der Waals surface area (Å²) in [5.74, 6) is 1.87. The van der Waals surface area contributed by atoms with Crippen molar-refractivity contribution in [1.29, 1.82) is 0 Å². The molecule has 2 aromatic rings. The van der Waals surface area contributed by atoms with E-state index in [0.717, 1.165) is 50.2 Å². The summed E-state index contributed by atoms with van der Waals surface area (Å²) in [7, 11) is 0. The summed E-state index contributed by atoms with van der Waals surface area (Å²) in [6, 6.07) is 4.05. The van der Waals surface area contributed by atoms with Gasteiger partial charge in [0.05, 0.1) is 12.6 Å². The van der Waals surface area contributed by atoms with Crippen LogP contribution in [-0.4, -0.2) is 40.3 Å². The van der Waals surface area contributed by atoms with Gasteiger partial charge in [-0.05, 0) is 63.2 Å². The van der Waals surface area contributed by atoms with Crippen molar-refractivity contribution >= 4 is 11.2 Å². The normalized spacial score (nSPS) is 25.7. The summed E-state index contributed by atoms with van der Waals surface area (Å²) < 4.78 is 8.28. The fourth-order valence-electron chi connectivity index (χ4n) is 3.86. The third kappa shape index (κ3) is 3.40. The van der Waals surface area contributed by atoms with Gasteiger partial charge < -0.3 is 14.6 Å². The van der Waals surface area contributed by atoms with Crippen molar-refractivity contribution < 1.29 is 4.74 Å². The van der Waals surface area contributed by atoms with Crippen molar-refractivity contribution in [3.63, 3.8) is 0 Å². The molecular formula is C18H26N4O. The maximum atomic E-state index is 5.96. The lowest BCUT2D eigenvalue weighted by Crippen LogP contribution is -2.32. The highest BCUT2D eigenvalue weighted by Gasteiger charge is 2.22. The highest BCUT2D eigenvalue weighted by atomic mass is 16.5. The minimum Gasteiger partial charge on any atom is -0.376 e. The Morgan fingerprint density at radius 3 is 3.09 bits per heavy atom. The number of rotatable bonds is 4. The summed E-state index contributed by atoms with van der Waals surface area (Å²) in [5.41, 5.74) is 2.03. The summed E-state index contributed by atoms with van der Waals surface area (Å²) in [5, 5.41) is 3.51. The third-order valence-electron chi connectivity index (χ3n) is 5.11. The second kappa shape index (κ2) is 6.97. The summed E-state index contributed by atoms with van der Waals surface area (Å²) in [4.78, 5) is 9.48. The number of hydrogen-bond donors (Lipinski definition) is 1. The van der Waals surface area contributed by atoms with Crippen LogP contribution in [0.3, 0.4) is 0 Å². The molecule has 0 amide bonds. The van der Waals surface area contributed by atoms with E-state index in [4.69, 9.17) is 9.72 Å². The third-order valence-corrected chi connectivity index (χ3v) is 5.11. The van der Waals surface area contributed by atoms with Gasteiger partial charge in [0.2, 0.25) is 0 Å². The molecule has 23 heavy (non-hydrogen) atoms. The number of fused-ring (bicyclic) bond motifs is 1. The number of ether oxygens (including phenoxy) is 1. The van der Waals surface area contributed by atoms with Crippen LogP contribution in [0, 0.1) is 5.92 Å². The van der Waals surface area contributed by atoms with Crippen LogP contribution >= 0.6 is 0 Å². The van der Waals surface area contributed by atoms with Crippen molar-refractivity contribution in [2.24, 2.45) is 5.92 Å². The van der Waals surface area contributed by atoms with E-state index >= 15 is 0 Å². The van der Waals surface area contributed by atoms with Crippen molar-refractivity contribution in [2.75, 3.05) is 19.7 Å². The molecule has 2 fully saturated rings. The fourth-order valence-corrected chi connectivity index (χ4v) is 3.86. The number of pyridine rings is 1. The predicted molar refractivity (Wildman–Crippen MR) is 90.4 cm³/mol. The van der Waals surface area contributed by atoms with E-state index in [-0.39, 0.29) is 0 Å². The Morgan fingerprint density at radius 2 is 2.26 bits per heavy atom. The Balaban J connectivity index is 1.60. The number of nitrogens with zero attached hydrogens (tertiary/aromatic N) is 3. The topological polar surface area (TPSA) is 52.0 Å². The Morgan fingerprint density at radius 1 is 1.26 bits per heavy atom. The van der Waals surface area contributed by atoms with Gasteiger partial charge >= 0.3 is 0 Å². The lowest BCUT2D eigenvalue weighted by molar-refractivity contribution is 0.00601. The van der Waals surface area contributed by atoms with Gasteiger partial charge in [-0.15, -0.1) is 0 Å². The minimum atomic E-state index is 0.311.